The monoisotopic (exact) mass is 602 g/mol. The average molecular weight is 603 g/mol. The van der Waals surface area contributed by atoms with Crippen LogP contribution in [0.3, 0.4) is 0 Å². The number of amides is 4. The number of benzene rings is 2. The number of rotatable bonds is 8. The summed E-state index contributed by atoms with van der Waals surface area (Å²) < 4.78 is 6.32. The maximum absolute atomic E-state index is 13.0. The highest BCUT2D eigenvalue weighted by molar-refractivity contribution is 6.05. The zero-order chi connectivity index (χ0) is 30.8. The van der Waals surface area contributed by atoms with Gasteiger partial charge in [-0.15, -0.1) is 0 Å². The predicted octanol–water partition coefficient (Wildman–Crippen LogP) is 4.30. The third-order valence-corrected chi connectivity index (χ3v) is 9.87. The maximum atomic E-state index is 13.0. The van der Waals surface area contributed by atoms with Crippen LogP contribution >= 0.6 is 0 Å². The van der Waals surface area contributed by atoms with Crippen molar-refractivity contribution in [2.24, 2.45) is 0 Å². The lowest BCUT2D eigenvalue weighted by atomic mass is 9.85. The predicted molar refractivity (Wildman–Crippen MR) is 163 cm³/mol. The number of fused-ring (bicyclic) bond motifs is 1. The van der Waals surface area contributed by atoms with E-state index in [4.69, 9.17) is 4.74 Å². The molecule has 0 radical (unpaired) electrons. The van der Waals surface area contributed by atoms with Crippen LogP contribution in [0.5, 0.6) is 5.75 Å². The number of nitrogens with zero attached hydrogens (tertiary/aromatic N) is 3. The SMILES string of the molecule is CCc1cc(CN2CCCC[C@@H]2COc2ccc3c(c2)CN(C2CCC(=O)NC2=O)C3=O)ccc1C1CCN(C(=O)O)CC1. The summed E-state index contributed by atoms with van der Waals surface area (Å²) in [5, 5.41) is 11.7. The Hall–Kier alpha value is -3.92. The van der Waals surface area contributed by atoms with Crippen molar-refractivity contribution in [3.8, 4) is 5.75 Å². The molecule has 10 heteroatoms. The van der Waals surface area contributed by atoms with Crippen molar-refractivity contribution in [2.45, 2.75) is 89.4 Å². The number of carbonyl (C=O) groups excluding carboxylic acids is 3. The fourth-order valence-corrected chi connectivity index (χ4v) is 7.37. The number of hydrogen-bond acceptors (Lipinski definition) is 6. The minimum atomic E-state index is -0.822. The number of carbonyl (C=O) groups is 4. The topological polar surface area (TPSA) is 119 Å². The molecule has 2 aromatic carbocycles. The van der Waals surface area contributed by atoms with Crippen LogP contribution in [-0.2, 0) is 29.1 Å². The average Bonchev–Trinajstić information content (AvgIpc) is 3.35. The normalized spacial score (nSPS) is 23.1. The lowest BCUT2D eigenvalue weighted by Crippen LogP contribution is -2.52. The molecule has 4 amide bonds. The third-order valence-electron chi connectivity index (χ3n) is 9.87. The van der Waals surface area contributed by atoms with Crippen LogP contribution in [0.1, 0.15) is 90.4 Å². The Morgan fingerprint density at radius 2 is 1.82 bits per heavy atom. The van der Waals surface area contributed by atoms with Crippen molar-refractivity contribution in [3.63, 3.8) is 0 Å². The van der Waals surface area contributed by atoms with E-state index in [1.807, 2.05) is 12.1 Å². The molecular weight excluding hydrogens is 560 g/mol. The minimum Gasteiger partial charge on any atom is -0.492 e. The van der Waals surface area contributed by atoms with Gasteiger partial charge in [-0.25, -0.2) is 4.79 Å². The molecule has 2 N–H and O–H groups in total. The van der Waals surface area contributed by atoms with E-state index in [1.165, 1.54) is 28.0 Å². The first-order valence-electron chi connectivity index (χ1n) is 16.0. The Morgan fingerprint density at radius 3 is 2.57 bits per heavy atom. The summed E-state index contributed by atoms with van der Waals surface area (Å²) in [6.07, 6.45) is 5.85. The number of nitrogens with one attached hydrogen (secondary N) is 1. The molecule has 44 heavy (non-hydrogen) atoms. The largest absolute Gasteiger partial charge is 0.492 e. The quantitative estimate of drug-likeness (QED) is 0.433. The number of aryl methyl sites for hydroxylation is 1. The van der Waals surface area contributed by atoms with E-state index >= 15 is 0 Å². The summed E-state index contributed by atoms with van der Waals surface area (Å²) in [4.78, 5) is 53.9. The molecule has 4 aliphatic rings. The molecule has 3 saturated heterocycles. The second-order valence-electron chi connectivity index (χ2n) is 12.6. The highest BCUT2D eigenvalue weighted by Gasteiger charge is 2.39. The molecule has 6 rings (SSSR count). The fraction of sp³-hybridized carbons (Fsp3) is 0.529. The number of carboxylic acid groups (broad SMARTS) is 1. The first kappa shape index (κ1) is 30.1. The van der Waals surface area contributed by atoms with Gasteiger partial charge in [0.05, 0.1) is 0 Å². The molecule has 10 nitrogen and oxygen atoms in total. The van der Waals surface area contributed by atoms with Gasteiger partial charge in [0.15, 0.2) is 0 Å². The number of ether oxygens (including phenoxy) is 1. The van der Waals surface area contributed by atoms with Gasteiger partial charge in [0.25, 0.3) is 5.91 Å². The van der Waals surface area contributed by atoms with Gasteiger partial charge in [0.2, 0.25) is 11.8 Å². The van der Waals surface area contributed by atoms with E-state index in [2.05, 4.69) is 35.3 Å². The van der Waals surface area contributed by atoms with Crippen LogP contribution in [0.2, 0.25) is 0 Å². The van der Waals surface area contributed by atoms with Crippen LogP contribution in [0.15, 0.2) is 36.4 Å². The lowest BCUT2D eigenvalue weighted by Gasteiger charge is -2.36. The van der Waals surface area contributed by atoms with E-state index in [0.717, 1.165) is 56.5 Å². The van der Waals surface area contributed by atoms with Gasteiger partial charge in [-0.05, 0) is 91.4 Å². The first-order chi connectivity index (χ1) is 21.3. The number of hydrogen-bond donors (Lipinski definition) is 2. The van der Waals surface area contributed by atoms with E-state index in [9.17, 15) is 24.3 Å². The van der Waals surface area contributed by atoms with Crippen molar-refractivity contribution < 1.29 is 29.0 Å². The Labute approximate surface area is 258 Å². The molecule has 1 unspecified atom stereocenters. The van der Waals surface area contributed by atoms with Crippen LogP contribution < -0.4 is 10.1 Å². The van der Waals surface area contributed by atoms with Gasteiger partial charge in [0, 0.05) is 44.2 Å². The summed E-state index contributed by atoms with van der Waals surface area (Å²) >= 11 is 0. The van der Waals surface area contributed by atoms with Crippen molar-refractivity contribution in [2.75, 3.05) is 26.2 Å². The second kappa shape index (κ2) is 13.0. The standard InChI is InChI=1S/C34H42N4O6/c1-2-23-17-22(6-8-28(23)24-12-15-36(16-13-24)34(42)43)19-37-14-4-3-5-26(37)21-44-27-7-9-29-25(18-27)20-38(33(29)41)30-10-11-31(39)35-32(30)40/h6-9,17-18,24,26,30H,2-5,10-16,19-21H2,1H3,(H,42,43)(H,35,39,40)/t26-,30?/m1/s1. The molecule has 0 bridgehead atoms. The van der Waals surface area contributed by atoms with Crippen LogP contribution in [0.4, 0.5) is 4.79 Å². The molecule has 0 spiro atoms. The van der Waals surface area contributed by atoms with E-state index in [1.54, 1.807) is 11.0 Å². The zero-order valence-electron chi connectivity index (χ0n) is 25.4. The van der Waals surface area contributed by atoms with Crippen molar-refractivity contribution >= 4 is 23.8 Å². The van der Waals surface area contributed by atoms with Crippen molar-refractivity contribution in [1.82, 2.24) is 20.0 Å². The summed E-state index contributed by atoms with van der Waals surface area (Å²) in [6, 6.07) is 12.1. The van der Waals surface area contributed by atoms with Gasteiger partial charge >= 0.3 is 6.09 Å². The van der Waals surface area contributed by atoms with Crippen LogP contribution in [-0.4, -0.2) is 81.9 Å². The molecular formula is C34H42N4O6. The molecule has 0 saturated carbocycles. The molecule has 3 fully saturated rings. The van der Waals surface area contributed by atoms with Crippen molar-refractivity contribution in [1.29, 1.82) is 0 Å². The van der Waals surface area contributed by atoms with Gasteiger partial charge in [0.1, 0.15) is 18.4 Å². The van der Waals surface area contributed by atoms with E-state index < -0.39 is 18.0 Å². The molecule has 4 heterocycles. The van der Waals surface area contributed by atoms with Crippen LogP contribution in [0, 0.1) is 0 Å². The summed E-state index contributed by atoms with van der Waals surface area (Å²) in [5.41, 5.74) is 5.46. The first-order valence-corrected chi connectivity index (χ1v) is 16.0. The highest BCUT2D eigenvalue weighted by atomic mass is 16.5. The Kier molecular flexibility index (Phi) is 8.88. The number of likely N-dealkylation sites (tertiary alicyclic amines) is 2. The maximum Gasteiger partial charge on any atom is 0.407 e. The van der Waals surface area contributed by atoms with Gasteiger partial charge < -0.3 is 19.6 Å². The summed E-state index contributed by atoms with van der Waals surface area (Å²) in [6.45, 7) is 6.16. The molecule has 2 aromatic rings. The molecule has 4 aliphatic heterocycles. The fourth-order valence-electron chi connectivity index (χ4n) is 7.37. The van der Waals surface area contributed by atoms with Gasteiger partial charge in [-0.1, -0.05) is 31.5 Å². The second-order valence-corrected chi connectivity index (χ2v) is 12.6. The molecule has 234 valence electrons. The zero-order valence-corrected chi connectivity index (χ0v) is 25.4. The number of imide groups is 1. The summed E-state index contributed by atoms with van der Waals surface area (Å²) in [7, 11) is 0. The Bertz CT molecular complexity index is 1430. The van der Waals surface area contributed by atoms with E-state index in [0.29, 0.717) is 44.1 Å². The van der Waals surface area contributed by atoms with Gasteiger partial charge in [-0.3, -0.25) is 24.6 Å². The van der Waals surface area contributed by atoms with Gasteiger partial charge in [-0.2, -0.15) is 0 Å². The minimum absolute atomic E-state index is 0.178. The smallest absolute Gasteiger partial charge is 0.407 e. The van der Waals surface area contributed by atoms with Crippen molar-refractivity contribution in [3.05, 3.63) is 64.2 Å². The molecule has 0 aliphatic carbocycles. The Morgan fingerprint density at radius 1 is 1.00 bits per heavy atom. The molecule has 0 aromatic heterocycles. The summed E-state index contributed by atoms with van der Waals surface area (Å²) in [5.74, 6) is 0.254. The van der Waals surface area contributed by atoms with Crippen LogP contribution in [0.25, 0.3) is 0 Å². The number of piperidine rings is 3. The Balaban J connectivity index is 1.07. The third kappa shape index (κ3) is 6.31. The molecule has 2 atom stereocenters. The van der Waals surface area contributed by atoms with E-state index in [-0.39, 0.29) is 24.3 Å². The highest BCUT2D eigenvalue weighted by Crippen LogP contribution is 2.33. The lowest BCUT2D eigenvalue weighted by molar-refractivity contribution is -0.136.